The molecule has 2 atom stereocenters. The number of hydrogen-bond acceptors (Lipinski definition) is 4. The molecule has 0 heterocycles. The van der Waals surface area contributed by atoms with Crippen LogP contribution in [-0.2, 0) is 0 Å². The molecule has 32 heavy (non-hydrogen) atoms. The molecule has 0 radical (unpaired) electrons. The summed E-state index contributed by atoms with van der Waals surface area (Å²) in [6.07, 6.45) is 3.08. The van der Waals surface area contributed by atoms with E-state index in [0.29, 0.717) is 10.3 Å². The first-order valence-electron chi connectivity index (χ1n) is 11.1. The van der Waals surface area contributed by atoms with E-state index in [0.717, 1.165) is 48.4 Å². The van der Waals surface area contributed by atoms with Crippen LogP contribution in [0.5, 0.6) is 11.5 Å². The summed E-state index contributed by atoms with van der Waals surface area (Å²) in [5.41, 5.74) is 2.34. The van der Waals surface area contributed by atoms with E-state index in [2.05, 4.69) is 31.4 Å². The predicted octanol–water partition coefficient (Wildman–Crippen LogP) is 6.10. The van der Waals surface area contributed by atoms with Crippen LogP contribution < -0.4 is 20.1 Å². The standard InChI is InChI=1S/C26H34N2O2S2/c1-18-10-6-8-12-21(18)29-23(31)27-17-26(5)15-20(14-25(3,4)16-26)28-24(32)30-22-13-9-7-11-19(22)2/h6-13,20H,14-17H2,1-5H3,(H,27,31)(H,28,32). The van der Waals surface area contributed by atoms with Gasteiger partial charge in [0.15, 0.2) is 0 Å². The second-order valence-corrected chi connectivity index (χ2v) is 10.8. The molecule has 4 nitrogen and oxygen atoms in total. The van der Waals surface area contributed by atoms with Gasteiger partial charge in [-0.2, -0.15) is 0 Å². The molecule has 1 saturated carbocycles. The highest BCUT2D eigenvalue weighted by Crippen LogP contribution is 2.45. The molecule has 2 aromatic carbocycles. The van der Waals surface area contributed by atoms with Crippen LogP contribution in [0.25, 0.3) is 0 Å². The first-order valence-corrected chi connectivity index (χ1v) is 11.9. The van der Waals surface area contributed by atoms with Gasteiger partial charge in [-0.25, -0.2) is 0 Å². The van der Waals surface area contributed by atoms with Gasteiger partial charge in [0, 0.05) is 12.6 Å². The molecular formula is C26H34N2O2S2. The summed E-state index contributed by atoms with van der Waals surface area (Å²) in [5, 5.41) is 7.64. The normalized spacial score (nSPS) is 22.0. The fourth-order valence-corrected chi connectivity index (χ4v) is 5.35. The lowest BCUT2D eigenvalue weighted by molar-refractivity contribution is 0.0787. The van der Waals surface area contributed by atoms with Gasteiger partial charge in [0.25, 0.3) is 10.3 Å². The number of para-hydroxylation sites is 2. The summed E-state index contributed by atoms with van der Waals surface area (Å²) in [5.74, 6) is 1.58. The van der Waals surface area contributed by atoms with E-state index in [1.807, 2.05) is 62.4 Å². The number of ether oxygens (including phenoxy) is 2. The van der Waals surface area contributed by atoms with Gasteiger partial charge >= 0.3 is 0 Å². The Labute approximate surface area is 203 Å². The molecule has 0 spiro atoms. The van der Waals surface area contributed by atoms with Crippen molar-refractivity contribution in [2.75, 3.05) is 6.54 Å². The highest BCUT2D eigenvalue weighted by molar-refractivity contribution is 7.80. The second-order valence-electron chi connectivity index (χ2n) is 10.1. The number of thiocarbonyl (C=S) groups is 2. The van der Waals surface area contributed by atoms with Crippen LogP contribution in [0.3, 0.4) is 0 Å². The Balaban J connectivity index is 1.58. The Morgan fingerprint density at radius 1 is 0.875 bits per heavy atom. The largest absolute Gasteiger partial charge is 0.432 e. The van der Waals surface area contributed by atoms with E-state index in [4.69, 9.17) is 33.9 Å². The summed E-state index contributed by atoms with van der Waals surface area (Å²) in [7, 11) is 0. The third-order valence-electron chi connectivity index (χ3n) is 6.02. The first kappa shape index (κ1) is 24.5. The number of benzene rings is 2. The average molecular weight is 471 g/mol. The molecule has 1 fully saturated rings. The quantitative estimate of drug-likeness (QED) is 0.515. The molecule has 2 unspecified atom stereocenters. The summed E-state index contributed by atoms with van der Waals surface area (Å²) in [6.45, 7) is 11.7. The Morgan fingerprint density at radius 2 is 1.41 bits per heavy atom. The minimum Gasteiger partial charge on any atom is -0.432 e. The molecule has 0 aliphatic heterocycles. The van der Waals surface area contributed by atoms with Gasteiger partial charge in [-0.05, 0) is 91.6 Å². The van der Waals surface area contributed by atoms with Gasteiger partial charge in [0.2, 0.25) is 0 Å². The monoisotopic (exact) mass is 470 g/mol. The van der Waals surface area contributed by atoms with Gasteiger partial charge in [0.1, 0.15) is 11.5 Å². The van der Waals surface area contributed by atoms with Gasteiger partial charge in [-0.15, -0.1) is 0 Å². The zero-order chi connectivity index (χ0) is 23.4. The van der Waals surface area contributed by atoms with Crippen LogP contribution in [0.2, 0.25) is 0 Å². The van der Waals surface area contributed by atoms with E-state index in [9.17, 15) is 0 Å². The van der Waals surface area contributed by atoms with Crippen molar-refractivity contribution in [3.63, 3.8) is 0 Å². The van der Waals surface area contributed by atoms with E-state index >= 15 is 0 Å². The Morgan fingerprint density at radius 3 is 1.97 bits per heavy atom. The van der Waals surface area contributed by atoms with Crippen molar-refractivity contribution < 1.29 is 9.47 Å². The van der Waals surface area contributed by atoms with Crippen molar-refractivity contribution in [1.82, 2.24) is 10.6 Å². The zero-order valence-corrected chi connectivity index (χ0v) is 21.3. The maximum Gasteiger partial charge on any atom is 0.262 e. The topological polar surface area (TPSA) is 42.5 Å². The predicted molar refractivity (Wildman–Crippen MR) is 139 cm³/mol. The zero-order valence-electron chi connectivity index (χ0n) is 19.7. The Bertz CT molecular complexity index is 976. The number of rotatable bonds is 5. The van der Waals surface area contributed by atoms with Crippen molar-refractivity contribution in [3.8, 4) is 11.5 Å². The SMILES string of the molecule is Cc1ccccc1OC(=S)NCC1(C)CC(NC(=S)Oc2ccccc2C)CC(C)(C)C1. The molecule has 1 aliphatic rings. The van der Waals surface area contributed by atoms with Crippen LogP contribution in [0.15, 0.2) is 48.5 Å². The van der Waals surface area contributed by atoms with E-state index in [1.165, 1.54) is 0 Å². The molecular weight excluding hydrogens is 436 g/mol. The third kappa shape index (κ3) is 6.91. The molecule has 2 N–H and O–H groups in total. The lowest BCUT2D eigenvalue weighted by Gasteiger charge is -2.47. The van der Waals surface area contributed by atoms with Crippen molar-refractivity contribution in [2.45, 2.75) is 59.9 Å². The molecule has 6 heteroatoms. The maximum absolute atomic E-state index is 5.92. The van der Waals surface area contributed by atoms with Gasteiger partial charge in [0.05, 0.1) is 0 Å². The van der Waals surface area contributed by atoms with Crippen molar-refractivity contribution >= 4 is 34.8 Å². The maximum atomic E-state index is 5.92. The fourth-order valence-electron chi connectivity index (χ4n) is 4.93. The highest BCUT2D eigenvalue weighted by atomic mass is 32.1. The van der Waals surface area contributed by atoms with Crippen LogP contribution in [0, 0.1) is 24.7 Å². The van der Waals surface area contributed by atoms with Crippen molar-refractivity contribution in [2.24, 2.45) is 10.8 Å². The Hall–Kier alpha value is -2.18. The van der Waals surface area contributed by atoms with E-state index in [-0.39, 0.29) is 16.9 Å². The number of hydrogen-bond donors (Lipinski definition) is 2. The van der Waals surface area contributed by atoms with Crippen LogP contribution >= 0.6 is 24.4 Å². The third-order valence-corrected chi connectivity index (χ3v) is 6.45. The molecule has 172 valence electrons. The molecule has 0 bridgehead atoms. The fraction of sp³-hybridized carbons (Fsp3) is 0.462. The smallest absolute Gasteiger partial charge is 0.262 e. The molecule has 1 aliphatic carbocycles. The molecule has 3 rings (SSSR count). The van der Waals surface area contributed by atoms with E-state index < -0.39 is 0 Å². The van der Waals surface area contributed by atoms with Crippen LogP contribution in [0.4, 0.5) is 0 Å². The first-order chi connectivity index (χ1) is 15.1. The average Bonchev–Trinajstić information content (AvgIpc) is 2.68. The molecule has 0 saturated heterocycles. The van der Waals surface area contributed by atoms with Gasteiger partial charge in [-0.3, -0.25) is 0 Å². The van der Waals surface area contributed by atoms with Gasteiger partial charge < -0.3 is 20.1 Å². The molecule has 0 aromatic heterocycles. The van der Waals surface area contributed by atoms with Gasteiger partial charge in [-0.1, -0.05) is 57.2 Å². The summed E-state index contributed by atoms with van der Waals surface area (Å²) in [6, 6.07) is 16.0. The summed E-state index contributed by atoms with van der Waals surface area (Å²) in [4.78, 5) is 0. The molecule has 0 amide bonds. The minimum atomic E-state index is 0.0385. The van der Waals surface area contributed by atoms with Crippen molar-refractivity contribution in [3.05, 3.63) is 59.7 Å². The second kappa shape index (κ2) is 10.2. The van der Waals surface area contributed by atoms with Crippen LogP contribution in [-0.4, -0.2) is 22.9 Å². The summed E-state index contributed by atoms with van der Waals surface area (Å²) < 4.78 is 11.8. The lowest BCUT2D eigenvalue weighted by atomic mass is 9.62. The van der Waals surface area contributed by atoms with Crippen LogP contribution in [0.1, 0.15) is 51.2 Å². The number of aryl methyl sites for hydroxylation is 2. The Kier molecular flexibility index (Phi) is 7.78. The minimum absolute atomic E-state index is 0.0385. The van der Waals surface area contributed by atoms with Crippen molar-refractivity contribution in [1.29, 1.82) is 0 Å². The molecule has 2 aromatic rings. The lowest BCUT2D eigenvalue weighted by Crippen LogP contribution is -2.51. The van der Waals surface area contributed by atoms with E-state index in [1.54, 1.807) is 0 Å². The number of nitrogens with one attached hydrogen (secondary N) is 2. The highest BCUT2D eigenvalue weighted by Gasteiger charge is 2.41. The summed E-state index contributed by atoms with van der Waals surface area (Å²) >= 11 is 11.0.